The number of carbonyl (C=O) groups is 6. The number of hydrogen-bond donors (Lipinski definition) is 1. The van der Waals surface area contributed by atoms with E-state index in [9.17, 15) is 28.8 Å². The molecule has 10 heteroatoms. The molecule has 2 fully saturated rings. The first-order chi connectivity index (χ1) is 23.2. The van der Waals surface area contributed by atoms with Crippen molar-refractivity contribution in [3.63, 3.8) is 0 Å². The fourth-order valence-corrected chi connectivity index (χ4v) is 6.62. The predicted octanol–water partition coefficient (Wildman–Crippen LogP) is 5.89. The van der Waals surface area contributed by atoms with Crippen molar-refractivity contribution in [2.24, 2.45) is 23.7 Å². The minimum Gasteiger partial charge on any atom is -0.423 e. The number of esters is 2. The number of nitrogens with zero attached hydrogens (tertiary/aromatic N) is 1. The summed E-state index contributed by atoms with van der Waals surface area (Å²) in [5.74, 6) is -2.32. The highest BCUT2D eigenvalue weighted by Crippen LogP contribution is 2.53. The Morgan fingerprint density at radius 3 is 1.90 bits per heavy atom. The molecule has 1 saturated carbocycles. The molecule has 3 aliphatic rings. The zero-order valence-corrected chi connectivity index (χ0v) is 25.6. The number of rotatable bonds is 8. The maximum absolute atomic E-state index is 13.1. The Hall–Kier alpha value is -6.16. The lowest BCUT2D eigenvalue weighted by molar-refractivity contribution is -0.123. The van der Waals surface area contributed by atoms with Crippen LogP contribution in [0.5, 0.6) is 11.5 Å². The second-order valence-corrected chi connectivity index (χ2v) is 12.0. The van der Waals surface area contributed by atoms with Crippen LogP contribution in [0.1, 0.15) is 54.8 Å². The maximum atomic E-state index is 13.1. The van der Waals surface area contributed by atoms with Crippen LogP contribution in [0.25, 0.3) is 0 Å². The van der Waals surface area contributed by atoms with Crippen molar-refractivity contribution in [3.8, 4) is 11.5 Å². The summed E-state index contributed by atoms with van der Waals surface area (Å²) in [4.78, 5) is 77.6. The highest BCUT2D eigenvalue weighted by molar-refractivity contribution is 6.23. The van der Waals surface area contributed by atoms with Gasteiger partial charge >= 0.3 is 11.9 Å². The van der Waals surface area contributed by atoms with Gasteiger partial charge in [0, 0.05) is 22.9 Å². The number of amides is 3. The van der Waals surface area contributed by atoms with Crippen LogP contribution in [0.3, 0.4) is 0 Å². The lowest BCUT2D eigenvalue weighted by atomic mass is 9.85. The zero-order chi connectivity index (χ0) is 33.5. The number of allylic oxidation sites excluding steroid dienone is 2. The second kappa shape index (κ2) is 12.2. The third-order valence-electron chi connectivity index (χ3n) is 8.97. The van der Waals surface area contributed by atoms with Crippen molar-refractivity contribution >= 4 is 46.8 Å². The monoisotopic (exact) mass is 640 g/mol. The number of ketones is 1. The van der Waals surface area contributed by atoms with Crippen molar-refractivity contribution < 1.29 is 38.2 Å². The molecule has 4 aromatic rings. The van der Waals surface area contributed by atoms with Crippen LogP contribution in [0.2, 0.25) is 0 Å². The van der Waals surface area contributed by atoms with Crippen molar-refractivity contribution in [1.29, 1.82) is 0 Å². The van der Waals surface area contributed by atoms with Gasteiger partial charge in [-0.25, -0.2) is 9.59 Å². The average molecular weight is 641 g/mol. The molecule has 1 N–H and O–H groups in total. The summed E-state index contributed by atoms with van der Waals surface area (Å²) in [6, 6.07) is 24.6. The van der Waals surface area contributed by atoms with Crippen molar-refractivity contribution in [3.05, 3.63) is 131 Å². The van der Waals surface area contributed by atoms with E-state index in [4.69, 9.17) is 9.47 Å². The lowest BCUT2D eigenvalue weighted by Crippen LogP contribution is -2.32. The van der Waals surface area contributed by atoms with E-state index in [-0.39, 0.29) is 69.5 Å². The van der Waals surface area contributed by atoms with Gasteiger partial charge in [0.25, 0.3) is 5.91 Å². The molecule has 1 saturated heterocycles. The fraction of sp³-hybridized carbons (Fsp3) is 0.158. The molecule has 0 radical (unpaired) electrons. The molecule has 4 aromatic carbocycles. The smallest absolute Gasteiger partial charge is 0.343 e. The second-order valence-electron chi connectivity index (χ2n) is 12.0. The van der Waals surface area contributed by atoms with Gasteiger partial charge in [-0.1, -0.05) is 24.3 Å². The zero-order valence-electron chi connectivity index (χ0n) is 25.6. The van der Waals surface area contributed by atoms with Gasteiger partial charge in [0.1, 0.15) is 11.5 Å². The number of fused-ring (bicyclic) bond motifs is 5. The van der Waals surface area contributed by atoms with Crippen LogP contribution in [0.4, 0.5) is 11.4 Å². The largest absolute Gasteiger partial charge is 0.423 e. The summed E-state index contributed by atoms with van der Waals surface area (Å²) < 4.78 is 10.9. The van der Waals surface area contributed by atoms with E-state index < -0.39 is 17.8 Å². The third-order valence-corrected chi connectivity index (χ3v) is 8.97. The van der Waals surface area contributed by atoms with Gasteiger partial charge in [-0.2, -0.15) is 0 Å². The van der Waals surface area contributed by atoms with Crippen molar-refractivity contribution in [2.45, 2.75) is 13.3 Å². The van der Waals surface area contributed by atoms with Crippen molar-refractivity contribution in [2.75, 3.05) is 10.2 Å². The van der Waals surface area contributed by atoms with Crippen molar-refractivity contribution in [1.82, 2.24) is 0 Å². The molecule has 238 valence electrons. The quantitative estimate of drug-likeness (QED) is 0.0828. The van der Waals surface area contributed by atoms with Crippen LogP contribution in [-0.2, 0) is 9.59 Å². The molecule has 0 spiro atoms. The molecule has 4 atom stereocenters. The van der Waals surface area contributed by atoms with E-state index in [1.165, 1.54) is 60.4 Å². The molecule has 3 amide bonds. The topological polar surface area (TPSA) is 136 Å². The fourth-order valence-electron chi connectivity index (χ4n) is 6.62. The molecule has 1 heterocycles. The Kier molecular flexibility index (Phi) is 7.76. The number of benzene rings is 4. The number of carbonyl (C=O) groups excluding carboxylic acids is 6. The molecule has 0 aromatic heterocycles. The molecule has 2 bridgehead atoms. The molecule has 48 heavy (non-hydrogen) atoms. The molecule has 1 aliphatic heterocycles. The highest BCUT2D eigenvalue weighted by atomic mass is 16.5. The standard InChI is InChI=1S/C38H28N2O8/c1-21(41)22-12-16-30(17-13-22)47-38(46)27-5-2-4-26(19-27)34(42)39-28-6-3-7-31(20-28)48-37(45)23-10-14-29(15-11-23)40-35(43)32-24-8-9-25(18-24)33(32)36(40)44/h2-17,19-20,24-25,32-33H,18H2,1H3,(H,39,42). The lowest BCUT2D eigenvalue weighted by Gasteiger charge is -2.17. The number of anilines is 2. The summed E-state index contributed by atoms with van der Waals surface area (Å²) in [6.45, 7) is 1.44. The Labute approximate surface area is 275 Å². The van der Waals surface area contributed by atoms with E-state index in [2.05, 4.69) is 5.32 Å². The third kappa shape index (κ3) is 5.68. The van der Waals surface area contributed by atoms with E-state index in [1.54, 1.807) is 48.5 Å². The summed E-state index contributed by atoms with van der Waals surface area (Å²) in [5, 5.41) is 2.73. The summed E-state index contributed by atoms with van der Waals surface area (Å²) >= 11 is 0. The first-order valence-corrected chi connectivity index (χ1v) is 15.4. The first-order valence-electron chi connectivity index (χ1n) is 15.4. The molecule has 10 nitrogen and oxygen atoms in total. The van der Waals surface area contributed by atoms with Gasteiger partial charge in [-0.3, -0.25) is 24.1 Å². The molecular formula is C38H28N2O8. The average Bonchev–Trinajstić information content (AvgIpc) is 3.78. The number of nitrogens with one attached hydrogen (secondary N) is 1. The number of imide groups is 1. The molecule has 4 unspecified atom stereocenters. The van der Waals surface area contributed by atoms with E-state index >= 15 is 0 Å². The van der Waals surface area contributed by atoms with Gasteiger partial charge in [0.2, 0.25) is 11.8 Å². The van der Waals surface area contributed by atoms with E-state index in [0.717, 1.165) is 6.42 Å². The summed E-state index contributed by atoms with van der Waals surface area (Å²) in [6.07, 6.45) is 4.93. The van der Waals surface area contributed by atoms with Crippen LogP contribution in [-0.4, -0.2) is 35.4 Å². The molecule has 7 rings (SSSR count). The number of hydrogen-bond acceptors (Lipinski definition) is 8. The minimum absolute atomic E-state index is 0.107. The van der Waals surface area contributed by atoms with Gasteiger partial charge in [-0.15, -0.1) is 0 Å². The normalized spacial score (nSPS) is 20.4. The summed E-state index contributed by atoms with van der Waals surface area (Å²) in [5.41, 5.74) is 1.81. The predicted molar refractivity (Wildman–Crippen MR) is 174 cm³/mol. The van der Waals surface area contributed by atoms with Gasteiger partial charge in [0.15, 0.2) is 5.78 Å². The van der Waals surface area contributed by atoms with Gasteiger partial charge in [-0.05, 0) is 104 Å². The van der Waals surface area contributed by atoms with Crippen LogP contribution < -0.4 is 19.7 Å². The minimum atomic E-state index is -0.674. The summed E-state index contributed by atoms with van der Waals surface area (Å²) in [7, 11) is 0. The van der Waals surface area contributed by atoms with Crippen LogP contribution in [0.15, 0.2) is 109 Å². The van der Waals surface area contributed by atoms with Gasteiger partial charge in [0.05, 0.1) is 28.7 Å². The number of ether oxygens (including phenoxy) is 2. The van der Waals surface area contributed by atoms with E-state index in [1.807, 2.05) is 12.2 Å². The molecule has 2 aliphatic carbocycles. The maximum Gasteiger partial charge on any atom is 0.343 e. The van der Waals surface area contributed by atoms with E-state index in [0.29, 0.717) is 16.9 Å². The first kappa shape index (κ1) is 30.5. The van der Waals surface area contributed by atoms with Gasteiger partial charge < -0.3 is 14.8 Å². The number of Topliss-reactive ketones (excluding diaryl/α,β-unsaturated/α-hetero) is 1. The Bertz CT molecular complexity index is 2000. The van der Waals surface area contributed by atoms with Crippen LogP contribution in [0, 0.1) is 23.7 Å². The highest BCUT2D eigenvalue weighted by Gasteiger charge is 2.59. The Balaban J connectivity index is 0.972. The molecular weight excluding hydrogens is 612 g/mol. The SMILES string of the molecule is CC(=O)c1ccc(OC(=O)c2cccc(C(=O)Nc3cccc(OC(=O)c4ccc(N5C(=O)C6C7C=CC(C7)C6C5=O)cc4)c3)c2)cc1. The Morgan fingerprint density at radius 1 is 0.646 bits per heavy atom. The van der Waals surface area contributed by atoms with Crippen LogP contribution >= 0.6 is 0 Å². The Morgan fingerprint density at radius 2 is 1.23 bits per heavy atom.